The first kappa shape index (κ1) is 16.6. The Morgan fingerprint density at radius 3 is 2.63 bits per heavy atom. The molecule has 0 aromatic heterocycles. The average molecular weight is 304 g/mol. The third-order valence-electron chi connectivity index (χ3n) is 3.47. The Kier molecular flexibility index (Phi) is 6.45. The van der Waals surface area contributed by atoms with Gasteiger partial charge in [0.1, 0.15) is 5.75 Å². The van der Waals surface area contributed by atoms with Crippen molar-refractivity contribution in [3.63, 3.8) is 0 Å². The zero-order chi connectivity index (χ0) is 13.1. The van der Waals surface area contributed by atoms with Gasteiger partial charge < -0.3 is 10.5 Å². The second-order valence-corrected chi connectivity index (χ2v) is 5.76. The number of hydrogen-bond acceptors (Lipinski definition) is 2. The van der Waals surface area contributed by atoms with Crippen molar-refractivity contribution in [2.75, 3.05) is 6.61 Å². The summed E-state index contributed by atoms with van der Waals surface area (Å²) in [5.41, 5.74) is 8.29. The molecule has 108 valence electrons. The Balaban J connectivity index is 0.00000180. The van der Waals surface area contributed by atoms with Crippen molar-refractivity contribution in [2.24, 2.45) is 11.7 Å². The molecule has 0 amide bonds. The maximum Gasteiger partial charge on any atom is 0.140 e. The van der Waals surface area contributed by atoms with Gasteiger partial charge in [0, 0.05) is 6.04 Å². The van der Waals surface area contributed by atoms with Crippen LogP contribution >= 0.6 is 24.0 Å². The Morgan fingerprint density at radius 2 is 2.11 bits per heavy atom. The Morgan fingerprint density at radius 1 is 1.42 bits per heavy atom. The van der Waals surface area contributed by atoms with E-state index in [4.69, 9.17) is 22.1 Å². The minimum absolute atomic E-state index is 0. The number of hydrogen-bond donors (Lipinski definition) is 1. The Labute approximate surface area is 127 Å². The molecule has 1 saturated carbocycles. The van der Waals surface area contributed by atoms with Crippen LogP contribution in [-0.2, 0) is 6.42 Å². The number of aryl methyl sites for hydroxylation is 1. The van der Waals surface area contributed by atoms with Gasteiger partial charge in [0.05, 0.1) is 11.6 Å². The first-order valence-corrected chi connectivity index (χ1v) is 7.15. The number of nitrogens with two attached hydrogens (primary N) is 1. The molecule has 1 aliphatic carbocycles. The SMILES string of the molecule is CCC(N)Cc1cc(C)c(OCC2CC2)c(Cl)c1.Cl. The van der Waals surface area contributed by atoms with E-state index in [-0.39, 0.29) is 18.4 Å². The second-order valence-electron chi connectivity index (χ2n) is 5.35. The molecule has 1 aromatic carbocycles. The third-order valence-corrected chi connectivity index (χ3v) is 3.75. The molecule has 4 heteroatoms. The molecule has 2 rings (SSSR count). The predicted molar refractivity (Wildman–Crippen MR) is 83.6 cm³/mol. The highest BCUT2D eigenvalue weighted by molar-refractivity contribution is 6.32. The van der Waals surface area contributed by atoms with Crippen LogP contribution in [0.25, 0.3) is 0 Å². The molecule has 19 heavy (non-hydrogen) atoms. The first-order chi connectivity index (χ1) is 8.60. The smallest absolute Gasteiger partial charge is 0.140 e. The summed E-state index contributed by atoms with van der Waals surface area (Å²) in [6.07, 6.45) is 4.44. The van der Waals surface area contributed by atoms with E-state index >= 15 is 0 Å². The standard InChI is InChI=1S/C15H22ClNO.ClH/c1-3-13(17)7-12-6-10(2)15(14(16)8-12)18-9-11-4-5-11;/h6,8,11,13H,3-5,7,9,17H2,1-2H3;1H. The number of benzene rings is 1. The monoisotopic (exact) mass is 303 g/mol. The zero-order valence-corrected chi connectivity index (χ0v) is 13.2. The van der Waals surface area contributed by atoms with Crippen molar-refractivity contribution in [1.82, 2.24) is 0 Å². The van der Waals surface area contributed by atoms with Crippen LogP contribution in [0.15, 0.2) is 12.1 Å². The minimum atomic E-state index is 0. The van der Waals surface area contributed by atoms with Gasteiger partial charge in [-0.15, -0.1) is 12.4 Å². The van der Waals surface area contributed by atoms with E-state index < -0.39 is 0 Å². The number of ether oxygens (including phenoxy) is 1. The van der Waals surface area contributed by atoms with Gasteiger partial charge in [-0.3, -0.25) is 0 Å². The van der Waals surface area contributed by atoms with Crippen LogP contribution in [0.3, 0.4) is 0 Å². The van der Waals surface area contributed by atoms with Crippen molar-refractivity contribution < 1.29 is 4.74 Å². The molecule has 2 nitrogen and oxygen atoms in total. The predicted octanol–water partition coefficient (Wildman–Crippen LogP) is 4.14. The summed E-state index contributed by atoms with van der Waals surface area (Å²) in [5, 5.41) is 0.717. The van der Waals surface area contributed by atoms with Gasteiger partial charge in [0.2, 0.25) is 0 Å². The fraction of sp³-hybridized carbons (Fsp3) is 0.600. The van der Waals surface area contributed by atoms with E-state index in [2.05, 4.69) is 19.9 Å². The molecule has 0 radical (unpaired) electrons. The molecule has 0 spiro atoms. The summed E-state index contributed by atoms with van der Waals surface area (Å²) < 4.78 is 5.81. The van der Waals surface area contributed by atoms with Gasteiger partial charge in [-0.25, -0.2) is 0 Å². The molecule has 1 atom stereocenters. The summed E-state index contributed by atoms with van der Waals surface area (Å²) in [7, 11) is 0. The van der Waals surface area contributed by atoms with Crippen LogP contribution in [0, 0.1) is 12.8 Å². The highest BCUT2D eigenvalue weighted by atomic mass is 35.5. The Bertz CT molecular complexity index is 396. The second kappa shape index (κ2) is 7.37. The van der Waals surface area contributed by atoms with Gasteiger partial charge in [-0.05, 0) is 55.7 Å². The first-order valence-electron chi connectivity index (χ1n) is 6.77. The lowest BCUT2D eigenvalue weighted by Gasteiger charge is -2.14. The molecule has 1 aromatic rings. The molecule has 1 aliphatic rings. The maximum absolute atomic E-state index is 6.30. The van der Waals surface area contributed by atoms with E-state index in [1.807, 2.05) is 6.07 Å². The topological polar surface area (TPSA) is 35.2 Å². The molecule has 1 unspecified atom stereocenters. The third kappa shape index (κ3) is 4.87. The fourth-order valence-corrected chi connectivity index (χ4v) is 2.38. The van der Waals surface area contributed by atoms with Crippen LogP contribution in [0.5, 0.6) is 5.75 Å². The van der Waals surface area contributed by atoms with Crippen LogP contribution in [0.4, 0.5) is 0 Å². The van der Waals surface area contributed by atoms with Crippen molar-refractivity contribution >= 4 is 24.0 Å². The fourth-order valence-electron chi connectivity index (χ4n) is 2.04. The van der Waals surface area contributed by atoms with Crippen molar-refractivity contribution in [3.05, 3.63) is 28.3 Å². The summed E-state index contributed by atoms with van der Waals surface area (Å²) in [6.45, 7) is 4.95. The van der Waals surface area contributed by atoms with Gasteiger partial charge in [-0.1, -0.05) is 24.6 Å². The summed E-state index contributed by atoms with van der Waals surface area (Å²) in [5.74, 6) is 1.59. The largest absolute Gasteiger partial charge is 0.491 e. The van der Waals surface area contributed by atoms with Gasteiger partial charge in [-0.2, -0.15) is 0 Å². The lowest BCUT2D eigenvalue weighted by atomic mass is 10.0. The molecule has 0 aliphatic heterocycles. The van der Waals surface area contributed by atoms with E-state index in [1.54, 1.807) is 0 Å². The highest BCUT2D eigenvalue weighted by Crippen LogP contribution is 2.34. The maximum atomic E-state index is 6.30. The van der Waals surface area contributed by atoms with Crippen molar-refractivity contribution in [2.45, 2.75) is 45.6 Å². The summed E-state index contributed by atoms with van der Waals surface area (Å²) in [6, 6.07) is 4.34. The van der Waals surface area contributed by atoms with Crippen LogP contribution in [-0.4, -0.2) is 12.6 Å². The lowest BCUT2D eigenvalue weighted by molar-refractivity contribution is 0.298. The molecular formula is C15H23Cl2NO. The normalized spacial score (nSPS) is 15.8. The van der Waals surface area contributed by atoms with Crippen molar-refractivity contribution in [1.29, 1.82) is 0 Å². The molecule has 0 heterocycles. The molecule has 1 fully saturated rings. The summed E-state index contributed by atoms with van der Waals surface area (Å²) in [4.78, 5) is 0. The molecular weight excluding hydrogens is 281 g/mol. The lowest BCUT2D eigenvalue weighted by Crippen LogP contribution is -2.21. The quantitative estimate of drug-likeness (QED) is 0.857. The van der Waals surface area contributed by atoms with Gasteiger partial charge in [0.25, 0.3) is 0 Å². The van der Waals surface area contributed by atoms with E-state index in [1.165, 1.54) is 18.4 Å². The van der Waals surface area contributed by atoms with E-state index in [0.29, 0.717) is 5.02 Å². The zero-order valence-electron chi connectivity index (χ0n) is 11.6. The number of rotatable bonds is 6. The van der Waals surface area contributed by atoms with Crippen LogP contribution in [0.1, 0.15) is 37.3 Å². The van der Waals surface area contributed by atoms with Crippen LogP contribution in [0.2, 0.25) is 5.02 Å². The van der Waals surface area contributed by atoms with Gasteiger partial charge in [0.15, 0.2) is 0 Å². The number of halogens is 2. The summed E-state index contributed by atoms with van der Waals surface area (Å²) >= 11 is 6.30. The average Bonchev–Trinajstić information content (AvgIpc) is 3.11. The van der Waals surface area contributed by atoms with E-state index in [9.17, 15) is 0 Å². The van der Waals surface area contributed by atoms with E-state index in [0.717, 1.165) is 36.7 Å². The van der Waals surface area contributed by atoms with Crippen molar-refractivity contribution in [3.8, 4) is 5.75 Å². The molecule has 0 bridgehead atoms. The van der Waals surface area contributed by atoms with Gasteiger partial charge >= 0.3 is 0 Å². The Hall–Kier alpha value is -0.440. The molecule has 2 N–H and O–H groups in total. The minimum Gasteiger partial charge on any atom is -0.491 e. The molecule has 0 saturated heterocycles. The van der Waals surface area contributed by atoms with Crippen LogP contribution < -0.4 is 10.5 Å². The highest BCUT2D eigenvalue weighted by Gasteiger charge is 2.22.